The molecule has 98 valence electrons. The van der Waals surface area contributed by atoms with Crippen LogP contribution in [0.25, 0.3) is 0 Å². The summed E-state index contributed by atoms with van der Waals surface area (Å²) in [6, 6.07) is 8.00. The molecular formula is C14H17BrO2S. The summed E-state index contributed by atoms with van der Waals surface area (Å²) in [5.74, 6) is 0.862. The van der Waals surface area contributed by atoms with Gasteiger partial charge in [-0.3, -0.25) is 4.79 Å². The Morgan fingerprint density at radius 1 is 1.44 bits per heavy atom. The van der Waals surface area contributed by atoms with Gasteiger partial charge in [-0.05, 0) is 47.3 Å². The van der Waals surface area contributed by atoms with Gasteiger partial charge in [-0.1, -0.05) is 12.1 Å². The number of Topliss-reactive ketones (excluding diaryl/α,β-unsaturated/α-hetero) is 1. The first-order chi connectivity index (χ1) is 8.75. The van der Waals surface area contributed by atoms with Gasteiger partial charge in [0, 0.05) is 22.4 Å². The third kappa shape index (κ3) is 4.41. The van der Waals surface area contributed by atoms with E-state index in [1.165, 1.54) is 0 Å². The van der Waals surface area contributed by atoms with E-state index in [-0.39, 0.29) is 0 Å². The van der Waals surface area contributed by atoms with Crippen LogP contribution in [-0.2, 0) is 9.53 Å². The number of benzene rings is 1. The van der Waals surface area contributed by atoms with Crippen molar-refractivity contribution in [1.82, 2.24) is 0 Å². The van der Waals surface area contributed by atoms with Gasteiger partial charge in [0.25, 0.3) is 0 Å². The van der Waals surface area contributed by atoms with Gasteiger partial charge in [-0.25, -0.2) is 0 Å². The highest BCUT2D eigenvalue weighted by Crippen LogP contribution is 2.27. The van der Waals surface area contributed by atoms with E-state index in [1.807, 2.05) is 24.3 Å². The van der Waals surface area contributed by atoms with E-state index in [9.17, 15) is 4.79 Å². The first-order valence-electron chi connectivity index (χ1n) is 6.26. The van der Waals surface area contributed by atoms with Gasteiger partial charge >= 0.3 is 0 Å². The summed E-state index contributed by atoms with van der Waals surface area (Å²) in [5.41, 5.74) is 0. The summed E-state index contributed by atoms with van der Waals surface area (Å²) in [4.78, 5) is 12.9. The molecule has 1 aliphatic heterocycles. The maximum Gasteiger partial charge on any atom is 0.143 e. The van der Waals surface area contributed by atoms with Crippen LogP contribution in [0, 0.1) is 0 Å². The lowest BCUT2D eigenvalue weighted by Gasteiger charge is -2.08. The number of halogens is 1. The average molecular weight is 329 g/mol. The van der Waals surface area contributed by atoms with Crippen molar-refractivity contribution in [1.29, 1.82) is 0 Å². The topological polar surface area (TPSA) is 26.3 Å². The normalized spacial score (nSPS) is 19.1. The number of carbonyl (C=O) groups excluding carboxylic acids is 1. The van der Waals surface area contributed by atoms with E-state index in [4.69, 9.17) is 4.74 Å². The molecule has 0 N–H and O–H groups in total. The fourth-order valence-electron chi connectivity index (χ4n) is 1.99. The molecule has 0 amide bonds. The Kier molecular flexibility index (Phi) is 5.73. The molecule has 0 aromatic heterocycles. The standard InChI is InChI=1S/C14H17BrO2S/c15-13-5-1-2-6-14(13)18-10-11(16)7-8-12-4-3-9-17-12/h1-2,5-6,12H,3-4,7-10H2. The predicted octanol–water partition coefficient (Wildman–Crippen LogP) is 4.07. The molecule has 0 spiro atoms. The highest BCUT2D eigenvalue weighted by Gasteiger charge is 2.16. The second-order valence-electron chi connectivity index (χ2n) is 4.43. The maximum absolute atomic E-state index is 11.8. The van der Waals surface area contributed by atoms with Gasteiger partial charge in [-0.2, -0.15) is 0 Å². The van der Waals surface area contributed by atoms with Crippen LogP contribution in [0.3, 0.4) is 0 Å². The molecule has 1 aromatic rings. The van der Waals surface area contributed by atoms with E-state index in [2.05, 4.69) is 15.9 Å². The summed E-state index contributed by atoms with van der Waals surface area (Å²) < 4.78 is 6.58. The van der Waals surface area contributed by atoms with Gasteiger partial charge < -0.3 is 4.74 Å². The SMILES string of the molecule is O=C(CCC1CCCO1)CSc1ccccc1Br. The van der Waals surface area contributed by atoms with Crippen molar-refractivity contribution >= 4 is 33.5 Å². The monoisotopic (exact) mass is 328 g/mol. The predicted molar refractivity (Wildman–Crippen MR) is 78.1 cm³/mol. The minimum atomic E-state index is 0.311. The van der Waals surface area contributed by atoms with Crippen molar-refractivity contribution < 1.29 is 9.53 Å². The molecule has 4 heteroatoms. The first kappa shape index (κ1) is 14.1. The smallest absolute Gasteiger partial charge is 0.143 e. The largest absolute Gasteiger partial charge is 0.378 e. The minimum absolute atomic E-state index is 0.311. The molecule has 1 unspecified atom stereocenters. The lowest BCUT2D eigenvalue weighted by molar-refractivity contribution is -0.117. The van der Waals surface area contributed by atoms with E-state index in [1.54, 1.807) is 11.8 Å². The summed E-state index contributed by atoms with van der Waals surface area (Å²) >= 11 is 5.09. The van der Waals surface area contributed by atoms with E-state index in [0.717, 1.165) is 35.2 Å². The summed E-state index contributed by atoms with van der Waals surface area (Å²) in [5, 5.41) is 0. The number of thioether (sulfide) groups is 1. The van der Waals surface area contributed by atoms with Gasteiger partial charge in [0.1, 0.15) is 5.78 Å². The first-order valence-corrected chi connectivity index (χ1v) is 8.04. The third-order valence-corrected chi connectivity index (χ3v) is 5.08. The number of ketones is 1. The number of rotatable bonds is 6. The maximum atomic E-state index is 11.8. The molecule has 2 nitrogen and oxygen atoms in total. The summed E-state index contributed by atoms with van der Waals surface area (Å²) in [6.07, 6.45) is 4.11. The van der Waals surface area contributed by atoms with Gasteiger partial charge in [0.05, 0.1) is 11.9 Å². The van der Waals surface area contributed by atoms with Crippen LogP contribution in [0.15, 0.2) is 33.6 Å². The molecule has 1 heterocycles. The van der Waals surface area contributed by atoms with Crippen molar-refractivity contribution in [3.05, 3.63) is 28.7 Å². The Morgan fingerprint density at radius 3 is 3.00 bits per heavy atom. The van der Waals surface area contributed by atoms with Gasteiger partial charge in [0.15, 0.2) is 0 Å². The fourth-order valence-corrected chi connectivity index (χ4v) is 3.46. The highest BCUT2D eigenvalue weighted by molar-refractivity contribution is 9.10. The lowest BCUT2D eigenvalue weighted by atomic mass is 10.1. The summed E-state index contributed by atoms with van der Waals surface area (Å²) in [6.45, 7) is 0.866. The molecule has 1 fully saturated rings. The van der Waals surface area contributed by atoms with E-state index in [0.29, 0.717) is 24.1 Å². The number of ether oxygens (including phenoxy) is 1. The van der Waals surface area contributed by atoms with Crippen LogP contribution in [0.4, 0.5) is 0 Å². The zero-order valence-electron chi connectivity index (χ0n) is 10.2. The second kappa shape index (κ2) is 7.31. The van der Waals surface area contributed by atoms with E-state index >= 15 is 0 Å². The van der Waals surface area contributed by atoms with Crippen molar-refractivity contribution in [3.63, 3.8) is 0 Å². The van der Waals surface area contributed by atoms with Crippen molar-refractivity contribution in [2.45, 2.75) is 36.7 Å². The molecule has 1 saturated heterocycles. The highest BCUT2D eigenvalue weighted by atomic mass is 79.9. The van der Waals surface area contributed by atoms with Gasteiger partial charge in [-0.15, -0.1) is 11.8 Å². The summed E-state index contributed by atoms with van der Waals surface area (Å²) in [7, 11) is 0. The lowest BCUT2D eigenvalue weighted by Crippen LogP contribution is -2.09. The van der Waals surface area contributed by atoms with Crippen molar-refractivity contribution in [2.24, 2.45) is 0 Å². The quantitative estimate of drug-likeness (QED) is 0.736. The molecule has 0 radical (unpaired) electrons. The van der Waals surface area contributed by atoms with E-state index < -0.39 is 0 Å². The van der Waals surface area contributed by atoms with Crippen LogP contribution in [-0.4, -0.2) is 24.2 Å². The number of hydrogen-bond donors (Lipinski definition) is 0. The molecule has 1 aliphatic rings. The van der Waals surface area contributed by atoms with Gasteiger partial charge in [0.2, 0.25) is 0 Å². The van der Waals surface area contributed by atoms with Crippen LogP contribution in [0.1, 0.15) is 25.7 Å². The molecule has 1 atom stereocenters. The van der Waals surface area contributed by atoms with Crippen LogP contribution in [0.2, 0.25) is 0 Å². The third-order valence-electron chi connectivity index (χ3n) is 2.99. The number of carbonyl (C=O) groups is 1. The minimum Gasteiger partial charge on any atom is -0.378 e. The Labute approximate surface area is 121 Å². The molecule has 0 saturated carbocycles. The second-order valence-corrected chi connectivity index (χ2v) is 6.30. The Balaban J connectivity index is 1.69. The fraction of sp³-hybridized carbons (Fsp3) is 0.500. The number of hydrogen-bond acceptors (Lipinski definition) is 3. The Morgan fingerprint density at radius 2 is 2.28 bits per heavy atom. The zero-order valence-corrected chi connectivity index (χ0v) is 12.6. The molecule has 2 rings (SSSR count). The molecule has 1 aromatic carbocycles. The van der Waals surface area contributed by atoms with Crippen LogP contribution < -0.4 is 0 Å². The molecule has 0 aliphatic carbocycles. The molecular weight excluding hydrogens is 312 g/mol. The molecule has 18 heavy (non-hydrogen) atoms. The average Bonchev–Trinajstić information content (AvgIpc) is 2.88. The Hall–Kier alpha value is -0.320. The Bertz CT molecular complexity index is 403. The van der Waals surface area contributed by atoms with Crippen molar-refractivity contribution in [3.8, 4) is 0 Å². The van der Waals surface area contributed by atoms with Crippen LogP contribution in [0.5, 0.6) is 0 Å². The molecule has 0 bridgehead atoms. The van der Waals surface area contributed by atoms with Crippen LogP contribution >= 0.6 is 27.7 Å². The van der Waals surface area contributed by atoms with Crippen molar-refractivity contribution in [2.75, 3.05) is 12.4 Å². The zero-order chi connectivity index (χ0) is 12.8.